The van der Waals surface area contributed by atoms with E-state index in [9.17, 15) is 19.2 Å². The Morgan fingerprint density at radius 3 is 2.13 bits per heavy atom. The smallest absolute Gasteiger partial charge is 0.270 e. The summed E-state index contributed by atoms with van der Waals surface area (Å²) in [5.41, 5.74) is 6.07. The normalized spacial score (nSPS) is 12.7. The number of benzene rings is 3. The zero-order valence-electron chi connectivity index (χ0n) is 16.4. The molecule has 7 nitrogen and oxygen atoms in total. The van der Waals surface area contributed by atoms with Crippen LogP contribution in [0.2, 0.25) is 0 Å². The molecule has 0 aromatic heterocycles. The van der Waals surface area contributed by atoms with Crippen LogP contribution in [0.3, 0.4) is 0 Å². The molecule has 1 heterocycles. The van der Waals surface area contributed by atoms with Crippen LogP contribution >= 0.6 is 15.9 Å². The molecule has 1 aliphatic rings. The van der Waals surface area contributed by atoms with Crippen LogP contribution in [0.25, 0.3) is 10.8 Å². The third-order valence-electron chi connectivity index (χ3n) is 5.08. The van der Waals surface area contributed by atoms with Crippen LogP contribution in [0, 0.1) is 0 Å². The standard InChI is InChI=1S/C23H18BrN3O4/c24-18-11-2-1-8-15(18)21(29)26-25-19(28)12-5-13-27-22(30)16-9-3-6-14-7-4-10-17(20(14)16)23(27)31/h1-4,6-11H,5,12-13H2,(H,25,28)(H,26,29). The minimum Gasteiger partial charge on any atom is -0.274 e. The van der Waals surface area contributed by atoms with Gasteiger partial charge in [0.05, 0.1) is 5.56 Å². The zero-order valence-corrected chi connectivity index (χ0v) is 17.9. The maximum absolute atomic E-state index is 12.8. The molecular formula is C23H18BrN3O4. The van der Waals surface area contributed by atoms with E-state index in [4.69, 9.17) is 0 Å². The van der Waals surface area contributed by atoms with E-state index in [1.54, 1.807) is 48.5 Å². The number of carbonyl (C=O) groups excluding carboxylic acids is 4. The highest BCUT2D eigenvalue weighted by molar-refractivity contribution is 9.10. The summed E-state index contributed by atoms with van der Waals surface area (Å²) >= 11 is 3.28. The first-order chi connectivity index (χ1) is 15.0. The minimum absolute atomic E-state index is 0.0408. The summed E-state index contributed by atoms with van der Waals surface area (Å²) in [4.78, 5) is 51.1. The Kier molecular flexibility index (Phi) is 5.81. The van der Waals surface area contributed by atoms with Gasteiger partial charge in [0, 0.05) is 34.0 Å². The summed E-state index contributed by atoms with van der Waals surface area (Å²) in [5.74, 6) is -1.60. The molecule has 31 heavy (non-hydrogen) atoms. The quantitative estimate of drug-likeness (QED) is 0.432. The van der Waals surface area contributed by atoms with Crippen LogP contribution in [0.5, 0.6) is 0 Å². The number of hydrogen-bond acceptors (Lipinski definition) is 4. The number of rotatable bonds is 5. The van der Waals surface area contributed by atoms with Crippen molar-refractivity contribution in [1.29, 1.82) is 0 Å². The van der Waals surface area contributed by atoms with Crippen molar-refractivity contribution in [2.75, 3.05) is 6.54 Å². The molecule has 0 radical (unpaired) electrons. The largest absolute Gasteiger partial charge is 0.274 e. The van der Waals surface area contributed by atoms with Gasteiger partial charge in [0.25, 0.3) is 17.7 Å². The number of nitrogens with zero attached hydrogens (tertiary/aromatic N) is 1. The summed E-state index contributed by atoms with van der Waals surface area (Å²) in [7, 11) is 0. The lowest BCUT2D eigenvalue weighted by atomic mass is 9.94. The lowest BCUT2D eigenvalue weighted by Crippen LogP contribution is -2.43. The van der Waals surface area contributed by atoms with E-state index < -0.39 is 11.8 Å². The van der Waals surface area contributed by atoms with Gasteiger partial charge in [0.1, 0.15) is 0 Å². The van der Waals surface area contributed by atoms with Crippen molar-refractivity contribution in [3.05, 3.63) is 81.8 Å². The van der Waals surface area contributed by atoms with Gasteiger partial charge in [-0.25, -0.2) is 0 Å². The highest BCUT2D eigenvalue weighted by Gasteiger charge is 2.32. The molecule has 4 rings (SSSR count). The van der Waals surface area contributed by atoms with Gasteiger partial charge >= 0.3 is 0 Å². The number of halogens is 1. The molecule has 0 atom stereocenters. The number of hydrazine groups is 1. The van der Waals surface area contributed by atoms with Gasteiger partial charge in [-0.05, 0) is 52.0 Å². The summed E-state index contributed by atoms with van der Waals surface area (Å²) in [6, 6.07) is 17.6. The molecule has 0 aliphatic carbocycles. The summed E-state index contributed by atoms with van der Waals surface area (Å²) in [6.45, 7) is 0.105. The molecule has 0 fully saturated rings. The van der Waals surface area contributed by atoms with Crippen LogP contribution < -0.4 is 10.9 Å². The van der Waals surface area contributed by atoms with Crippen molar-refractivity contribution in [2.45, 2.75) is 12.8 Å². The molecule has 0 unspecified atom stereocenters. The Bertz CT molecular complexity index is 1170. The third-order valence-corrected chi connectivity index (χ3v) is 5.77. The van der Waals surface area contributed by atoms with Crippen LogP contribution in [0.4, 0.5) is 0 Å². The second kappa shape index (κ2) is 8.69. The molecule has 2 N–H and O–H groups in total. The van der Waals surface area contributed by atoms with E-state index in [1.165, 1.54) is 4.90 Å². The Hall–Kier alpha value is -3.52. The predicted molar refractivity (Wildman–Crippen MR) is 118 cm³/mol. The number of imide groups is 1. The monoisotopic (exact) mass is 479 g/mol. The fourth-order valence-corrected chi connectivity index (χ4v) is 4.05. The fraction of sp³-hybridized carbons (Fsp3) is 0.130. The predicted octanol–water partition coefficient (Wildman–Crippen LogP) is 3.44. The second-order valence-corrected chi connectivity index (χ2v) is 7.91. The molecule has 0 spiro atoms. The first-order valence-corrected chi connectivity index (χ1v) is 10.5. The van der Waals surface area contributed by atoms with Crippen LogP contribution in [-0.2, 0) is 4.79 Å². The molecule has 4 amide bonds. The molecule has 3 aromatic rings. The van der Waals surface area contributed by atoms with Crippen molar-refractivity contribution in [3.63, 3.8) is 0 Å². The van der Waals surface area contributed by atoms with E-state index in [1.807, 2.05) is 12.1 Å². The van der Waals surface area contributed by atoms with E-state index in [2.05, 4.69) is 26.8 Å². The van der Waals surface area contributed by atoms with Gasteiger partial charge < -0.3 is 0 Å². The minimum atomic E-state index is -0.452. The van der Waals surface area contributed by atoms with Crippen molar-refractivity contribution in [2.24, 2.45) is 0 Å². The molecule has 8 heteroatoms. The van der Waals surface area contributed by atoms with Crippen molar-refractivity contribution in [1.82, 2.24) is 15.8 Å². The lowest BCUT2D eigenvalue weighted by Gasteiger charge is -2.27. The van der Waals surface area contributed by atoms with Crippen molar-refractivity contribution < 1.29 is 19.2 Å². The number of hydrogen-bond donors (Lipinski definition) is 2. The van der Waals surface area contributed by atoms with Gasteiger partial charge in [0.15, 0.2) is 0 Å². The molecular weight excluding hydrogens is 462 g/mol. The first kappa shape index (κ1) is 20.7. The van der Waals surface area contributed by atoms with Crippen molar-refractivity contribution in [3.8, 4) is 0 Å². The van der Waals surface area contributed by atoms with Gasteiger partial charge in [-0.1, -0.05) is 36.4 Å². The third kappa shape index (κ3) is 4.06. The maximum atomic E-state index is 12.8. The number of amides is 4. The SMILES string of the molecule is O=C(CCCN1C(=O)c2cccc3cccc(c23)C1=O)NNC(=O)c1ccccc1Br. The molecule has 1 aliphatic heterocycles. The fourth-order valence-electron chi connectivity index (χ4n) is 3.58. The van der Waals surface area contributed by atoms with E-state index in [0.717, 1.165) is 5.39 Å². The van der Waals surface area contributed by atoms with E-state index in [0.29, 0.717) is 26.5 Å². The molecule has 0 bridgehead atoms. The Labute approximate surface area is 186 Å². The molecule has 3 aromatic carbocycles. The van der Waals surface area contributed by atoms with Gasteiger partial charge in [-0.3, -0.25) is 34.9 Å². The summed E-state index contributed by atoms with van der Waals surface area (Å²) in [6.07, 6.45) is 0.311. The highest BCUT2D eigenvalue weighted by atomic mass is 79.9. The Balaban J connectivity index is 1.34. The molecule has 0 saturated heterocycles. The van der Waals surface area contributed by atoms with Crippen LogP contribution in [0.15, 0.2) is 65.1 Å². The van der Waals surface area contributed by atoms with Crippen molar-refractivity contribution >= 4 is 50.3 Å². The number of carbonyl (C=O) groups is 4. The average molecular weight is 480 g/mol. The maximum Gasteiger partial charge on any atom is 0.270 e. The zero-order chi connectivity index (χ0) is 22.0. The van der Waals surface area contributed by atoms with Crippen LogP contribution in [0.1, 0.15) is 43.9 Å². The van der Waals surface area contributed by atoms with E-state index in [-0.39, 0.29) is 31.2 Å². The topological polar surface area (TPSA) is 95.6 Å². The Morgan fingerprint density at radius 1 is 0.839 bits per heavy atom. The van der Waals surface area contributed by atoms with Gasteiger partial charge in [-0.15, -0.1) is 0 Å². The van der Waals surface area contributed by atoms with Crippen LogP contribution in [-0.4, -0.2) is 35.1 Å². The number of nitrogens with one attached hydrogen (secondary N) is 2. The summed E-state index contributed by atoms with van der Waals surface area (Å²) < 4.78 is 0.610. The second-order valence-electron chi connectivity index (χ2n) is 7.06. The molecule has 156 valence electrons. The Morgan fingerprint density at radius 2 is 1.48 bits per heavy atom. The summed E-state index contributed by atoms with van der Waals surface area (Å²) in [5, 5.41) is 1.51. The lowest BCUT2D eigenvalue weighted by molar-refractivity contribution is -0.122. The molecule has 0 saturated carbocycles. The highest BCUT2D eigenvalue weighted by Crippen LogP contribution is 2.30. The van der Waals surface area contributed by atoms with Gasteiger partial charge in [-0.2, -0.15) is 0 Å². The van der Waals surface area contributed by atoms with Gasteiger partial charge in [0.2, 0.25) is 5.91 Å². The first-order valence-electron chi connectivity index (χ1n) is 9.69. The van der Waals surface area contributed by atoms with E-state index >= 15 is 0 Å². The average Bonchev–Trinajstić information content (AvgIpc) is 2.78.